The van der Waals surface area contributed by atoms with E-state index in [1.54, 1.807) is 0 Å². The monoisotopic (exact) mass is 245 g/mol. The predicted molar refractivity (Wildman–Crippen MR) is 60.2 cm³/mol. The topological polar surface area (TPSA) is 37.4 Å². The number of halogens is 1. The fraction of sp³-hybridized carbons (Fsp3) is 0.400. The van der Waals surface area contributed by atoms with Crippen molar-refractivity contribution >= 4 is 21.6 Å². The highest BCUT2D eigenvalue weighted by Gasteiger charge is 2.25. The minimum atomic E-state index is -3.27. The summed E-state index contributed by atoms with van der Waals surface area (Å²) < 4.78 is 24.6. The first-order valence-corrected chi connectivity index (χ1v) is 6.88. The van der Waals surface area contributed by atoms with Crippen LogP contribution in [0.15, 0.2) is 24.3 Å². The van der Waals surface area contributed by atoms with Crippen molar-refractivity contribution in [3.63, 3.8) is 0 Å². The smallest absolute Gasteiger partial charge is 0.211 e. The molecule has 0 amide bonds. The number of alkyl halides is 1. The van der Waals surface area contributed by atoms with Crippen LogP contribution in [0.1, 0.15) is 11.1 Å². The van der Waals surface area contributed by atoms with Crippen LogP contribution in [0.5, 0.6) is 0 Å². The molecule has 0 aromatic heterocycles. The van der Waals surface area contributed by atoms with Crippen molar-refractivity contribution in [2.75, 3.05) is 11.8 Å². The molecule has 0 saturated heterocycles. The van der Waals surface area contributed by atoms with Gasteiger partial charge in [-0.3, -0.25) is 0 Å². The predicted octanol–water partition coefficient (Wildman–Crippen LogP) is 1.57. The van der Waals surface area contributed by atoms with Gasteiger partial charge in [0.25, 0.3) is 0 Å². The van der Waals surface area contributed by atoms with Gasteiger partial charge < -0.3 is 0 Å². The van der Waals surface area contributed by atoms with E-state index >= 15 is 0 Å². The number of fused-ring (bicyclic) bond motifs is 1. The summed E-state index contributed by atoms with van der Waals surface area (Å²) in [5.41, 5.74) is 2.32. The molecule has 2 rings (SSSR count). The Bertz CT molecular complexity index is 458. The maximum Gasteiger partial charge on any atom is 0.228 e. The van der Waals surface area contributed by atoms with Crippen LogP contribution in [0.3, 0.4) is 0 Å². The first kappa shape index (κ1) is 10.9. The van der Waals surface area contributed by atoms with Gasteiger partial charge in [-0.25, -0.2) is 8.42 Å². The summed E-state index contributed by atoms with van der Waals surface area (Å²) in [7, 11) is -3.27. The number of benzene rings is 1. The summed E-state index contributed by atoms with van der Waals surface area (Å²) in [4.78, 5) is 0. The quantitative estimate of drug-likeness (QED) is 0.742. The number of rotatable bonds is 2. The van der Waals surface area contributed by atoms with Gasteiger partial charge in [-0.05, 0) is 17.5 Å². The largest absolute Gasteiger partial charge is 0.228 e. The third-order valence-corrected chi connectivity index (χ3v) is 4.83. The molecule has 1 aliphatic rings. The SMILES string of the molecule is O=S(=O)(CCl)N1CCc2ccccc2C1. The highest BCUT2D eigenvalue weighted by molar-refractivity contribution is 7.90. The molecule has 0 saturated carbocycles. The lowest BCUT2D eigenvalue weighted by atomic mass is 10.0. The fourth-order valence-electron chi connectivity index (χ4n) is 1.78. The second-order valence-electron chi connectivity index (χ2n) is 3.57. The molecule has 0 spiro atoms. The minimum Gasteiger partial charge on any atom is -0.211 e. The molecule has 0 aliphatic carbocycles. The molecule has 1 aromatic rings. The first-order valence-electron chi connectivity index (χ1n) is 4.74. The van der Waals surface area contributed by atoms with Crippen LogP contribution in [-0.2, 0) is 23.0 Å². The van der Waals surface area contributed by atoms with Crippen molar-refractivity contribution in [1.82, 2.24) is 4.31 Å². The van der Waals surface area contributed by atoms with Crippen molar-refractivity contribution in [2.45, 2.75) is 13.0 Å². The number of hydrogen-bond acceptors (Lipinski definition) is 2. The average molecular weight is 246 g/mol. The van der Waals surface area contributed by atoms with Crippen LogP contribution in [0, 0.1) is 0 Å². The molecule has 0 atom stereocenters. The molecule has 1 heterocycles. The maximum absolute atomic E-state index is 11.6. The Morgan fingerprint density at radius 3 is 2.60 bits per heavy atom. The molecule has 0 N–H and O–H groups in total. The Morgan fingerprint density at radius 1 is 1.27 bits per heavy atom. The van der Waals surface area contributed by atoms with Crippen LogP contribution in [0.25, 0.3) is 0 Å². The molecule has 1 aliphatic heterocycles. The van der Waals surface area contributed by atoms with E-state index < -0.39 is 10.0 Å². The van der Waals surface area contributed by atoms with E-state index in [-0.39, 0.29) is 5.21 Å². The van der Waals surface area contributed by atoms with E-state index in [2.05, 4.69) is 0 Å². The average Bonchev–Trinajstić information content (AvgIpc) is 2.28. The van der Waals surface area contributed by atoms with E-state index in [0.717, 1.165) is 12.0 Å². The number of sulfonamides is 1. The second-order valence-corrected chi connectivity index (χ2v) is 6.13. The van der Waals surface area contributed by atoms with Gasteiger partial charge in [-0.1, -0.05) is 24.3 Å². The third-order valence-electron chi connectivity index (χ3n) is 2.63. The minimum absolute atomic E-state index is 0.338. The lowest BCUT2D eigenvalue weighted by molar-refractivity contribution is 0.394. The lowest BCUT2D eigenvalue weighted by Crippen LogP contribution is -2.36. The highest BCUT2D eigenvalue weighted by Crippen LogP contribution is 2.21. The molecular weight excluding hydrogens is 234 g/mol. The van der Waals surface area contributed by atoms with Crippen LogP contribution in [-0.4, -0.2) is 24.5 Å². The van der Waals surface area contributed by atoms with Gasteiger partial charge in [-0.15, -0.1) is 11.6 Å². The van der Waals surface area contributed by atoms with Gasteiger partial charge in [0.15, 0.2) is 0 Å². The Hall–Kier alpha value is -0.580. The molecule has 5 heteroatoms. The molecule has 0 unspecified atom stereocenters. The Morgan fingerprint density at radius 2 is 1.93 bits per heavy atom. The van der Waals surface area contributed by atoms with Gasteiger partial charge >= 0.3 is 0 Å². The van der Waals surface area contributed by atoms with Crippen molar-refractivity contribution in [2.24, 2.45) is 0 Å². The second kappa shape index (κ2) is 4.12. The molecule has 0 bridgehead atoms. The van der Waals surface area contributed by atoms with Crippen molar-refractivity contribution in [3.8, 4) is 0 Å². The molecule has 82 valence electrons. The lowest BCUT2D eigenvalue weighted by Gasteiger charge is -2.27. The zero-order chi connectivity index (χ0) is 10.9. The molecule has 0 fully saturated rings. The molecule has 3 nitrogen and oxygen atoms in total. The van der Waals surface area contributed by atoms with Gasteiger partial charge in [0.1, 0.15) is 5.21 Å². The normalized spacial score (nSPS) is 17.4. The summed E-state index contributed by atoms with van der Waals surface area (Å²) in [6.07, 6.45) is 0.770. The van der Waals surface area contributed by atoms with Gasteiger partial charge in [0, 0.05) is 13.1 Å². The molecule has 0 radical (unpaired) electrons. The summed E-state index contributed by atoms with van der Waals surface area (Å²) in [6.45, 7) is 0.983. The van der Waals surface area contributed by atoms with E-state index in [4.69, 9.17) is 11.6 Å². The summed E-state index contributed by atoms with van der Waals surface area (Å²) in [6, 6.07) is 7.91. The summed E-state index contributed by atoms with van der Waals surface area (Å²) in [5, 5.41) is -0.338. The van der Waals surface area contributed by atoms with Gasteiger partial charge in [0.05, 0.1) is 0 Å². The number of hydrogen-bond donors (Lipinski definition) is 0. The van der Waals surface area contributed by atoms with Crippen LogP contribution in [0.4, 0.5) is 0 Å². The van der Waals surface area contributed by atoms with E-state index in [1.165, 1.54) is 9.87 Å². The summed E-state index contributed by atoms with van der Waals surface area (Å²) >= 11 is 5.42. The van der Waals surface area contributed by atoms with Crippen LogP contribution >= 0.6 is 11.6 Å². The van der Waals surface area contributed by atoms with Gasteiger partial charge in [0.2, 0.25) is 10.0 Å². The zero-order valence-electron chi connectivity index (χ0n) is 8.19. The standard InChI is InChI=1S/C10H12ClNO2S/c11-8-15(13,14)12-6-5-9-3-1-2-4-10(9)7-12/h1-4H,5-8H2. The van der Waals surface area contributed by atoms with E-state index in [1.807, 2.05) is 24.3 Å². The third kappa shape index (κ3) is 2.17. The zero-order valence-corrected chi connectivity index (χ0v) is 9.76. The fourth-order valence-corrected chi connectivity index (χ4v) is 3.03. The van der Waals surface area contributed by atoms with Crippen LogP contribution < -0.4 is 0 Å². The first-order chi connectivity index (χ1) is 7.13. The molecular formula is C10H12ClNO2S. The Balaban J connectivity index is 2.27. The number of nitrogens with zero attached hydrogens (tertiary/aromatic N) is 1. The van der Waals surface area contributed by atoms with Crippen molar-refractivity contribution < 1.29 is 8.42 Å². The summed E-state index contributed by atoms with van der Waals surface area (Å²) in [5.74, 6) is 0. The molecule has 1 aromatic carbocycles. The Kier molecular flexibility index (Phi) is 3.00. The Labute approximate surface area is 94.7 Å². The van der Waals surface area contributed by atoms with Crippen molar-refractivity contribution in [3.05, 3.63) is 35.4 Å². The van der Waals surface area contributed by atoms with E-state index in [0.29, 0.717) is 13.1 Å². The van der Waals surface area contributed by atoms with Crippen molar-refractivity contribution in [1.29, 1.82) is 0 Å². The van der Waals surface area contributed by atoms with E-state index in [9.17, 15) is 8.42 Å². The van der Waals surface area contributed by atoms with Gasteiger partial charge in [-0.2, -0.15) is 4.31 Å². The maximum atomic E-state index is 11.6. The molecule has 15 heavy (non-hydrogen) atoms. The van der Waals surface area contributed by atoms with Crippen LogP contribution in [0.2, 0.25) is 0 Å². The highest BCUT2D eigenvalue weighted by atomic mass is 35.5.